The quantitative estimate of drug-likeness (QED) is 0.583. The van der Waals surface area contributed by atoms with Crippen molar-refractivity contribution in [2.45, 2.75) is 12.5 Å². The van der Waals surface area contributed by atoms with Gasteiger partial charge in [-0.25, -0.2) is 0 Å². The van der Waals surface area contributed by atoms with E-state index in [-0.39, 0.29) is 17.9 Å². The minimum atomic E-state index is -0.364. The van der Waals surface area contributed by atoms with Gasteiger partial charge in [0, 0.05) is 5.69 Å². The molecule has 0 aliphatic heterocycles. The first-order valence-electron chi connectivity index (χ1n) is 7.84. The van der Waals surface area contributed by atoms with Crippen molar-refractivity contribution in [1.29, 1.82) is 0 Å². The fraction of sp³-hybridized carbons (Fsp3) is 0.250. The highest BCUT2D eigenvalue weighted by atomic mass is 16.5. The van der Waals surface area contributed by atoms with Crippen molar-refractivity contribution in [1.82, 2.24) is 0 Å². The molecule has 126 valence electrons. The van der Waals surface area contributed by atoms with Gasteiger partial charge in [-0.2, -0.15) is 0 Å². The smallest absolute Gasteiger partial charge is 0.311 e. The Morgan fingerprint density at radius 2 is 1.79 bits per heavy atom. The van der Waals surface area contributed by atoms with Crippen LogP contribution in [0.15, 0.2) is 67.3 Å². The van der Waals surface area contributed by atoms with E-state index >= 15 is 0 Å². The van der Waals surface area contributed by atoms with Gasteiger partial charge < -0.3 is 14.8 Å². The van der Waals surface area contributed by atoms with Crippen molar-refractivity contribution in [3.8, 4) is 5.75 Å². The lowest BCUT2D eigenvalue weighted by atomic mass is 9.90. The third-order valence-corrected chi connectivity index (χ3v) is 3.90. The molecular formula is C20H23NO3. The van der Waals surface area contributed by atoms with E-state index in [2.05, 4.69) is 11.9 Å². The normalized spacial score (nSPS) is 12.8. The van der Waals surface area contributed by atoms with Gasteiger partial charge in [0.1, 0.15) is 5.75 Å². The van der Waals surface area contributed by atoms with Gasteiger partial charge >= 0.3 is 5.97 Å². The summed E-state index contributed by atoms with van der Waals surface area (Å²) in [6.45, 7) is 3.77. The molecule has 0 aliphatic carbocycles. The Morgan fingerprint density at radius 1 is 1.12 bits per heavy atom. The first-order valence-corrected chi connectivity index (χ1v) is 7.84. The van der Waals surface area contributed by atoms with Gasteiger partial charge in [0.05, 0.1) is 26.2 Å². The van der Waals surface area contributed by atoms with Crippen LogP contribution in [0, 0.1) is 5.92 Å². The highest BCUT2D eigenvalue weighted by Gasteiger charge is 2.29. The summed E-state index contributed by atoms with van der Waals surface area (Å²) in [5, 5.41) is 3.44. The maximum Gasteiger partial charge on any atom is 0.311 e. The zero-order chi connectivity index (χ0) is 17.4. The molecule has 4 heteroatoms. The van der Waals surface area contributed by atoms with Crippen LogP contribution >= 0.6 is 0 Å². The van der Waals surface area contributed by atoms with E-state index in [0.717, 1.165) is 17.0 Å². The maximum atomic E-state index is 12.3. The second kappa shape index (κ2) is 8.77. The Labute approximate surface area is 143 Å². The molecule has 2 aromatic rings. The van der Waals surface area contributed by atoms with Crippen LogP contribution in [0.3, 0.4) is 0 Å². The summed E-state index contributed by atoms with van der Waals surface area (Å²) in [7, 11) is 3.04. The molecule has 2 aromatic carbocycles. The highest BCUT2D eigenvalue weighted by Crippen LogP contribution is 2.31. The van der Waals surface area contributed by atoms with Crippen LogP contribution in [-0.4, -0.2) is 20.2 Å². The van der Waals surface area contributed by atoms with Gasteiger partial charge in [0.2, 0.25) is 0 Å². The minimum absolute atomic E-state index is 0.218. The molecule has 0 aromatic heterocycles. The maximum absolute atomic E-state index is 12.3. The van der Waals surface area contributed by atoms with Gasteiger partial charge in [-0.05, 0) is 36.2 Å². The number of anilines is 1. The van der Waals surface area contributed by atoms with Crippen molar-refractivity contribution in [2.24, 2.45) is 5.92 Å². The van der Waals surface area contributed by atoms with E-state index in [1.807, 2.05) is 54.6 Å². The number of benzene rings is 2. The lowest BCUT2D eigenvalue weighted by molar-refractivity contribution is -0.145. The number of rotatable bonds is 8. The van der Waals surface area contributed by atoms with Crippen LogP contribution in [-0.2, 0) is 9.53 Å². The lowest BCUT2D eigenvalue weighted by Crippen LogP contribution is -2.28. The number of hydrogen-bond acceptors (Lipinski definition) is 4. The van der Waals surface area contributed by atoms with Gasteiger partial charge in [0.25, 0.3) is 0 Å². The van der Waals surface area contributed by atoms with E-state index in [1.165, 1.54) is 7.11 Å². The fourth-order valence-corrected chi connectivity index (χ4v) is 2.64. The first kappa shape index (κ1) is 17.6. The number of methoxy groups -OCH3 is 2. The molecule has 0 saturated carbocycles. The largest absolute Gasteiger partial charge is 0.497 e. The Hall–Kier alpha value is -2.75. The lowest BCUT2D eigenvalue weighted by Gasteiger charge is -2.27. The van der Waals surface area contributed by atoms with Crippen molar-refractivity contribution in [2.75, 3.05) is 19.5 Å². The average molecular weight is 325 g/mol. The molecule has 0 fully saturated rings. The van der Waals surface area contributed by atoms with E-state index < -0.39 is 0 Å². The Balaban J connectivity index is 2.34. The molecule has 24 heavy (non-hydrogen) atoms. The molecule has 0 bridgehead atoms. The van der Waals surface area contributed by atoms with E-state index in [9.17, 15) is 4.79 Å². The van der Waals surface area contributed by atoms with Crippen molar-refractivity contribution in [3.05, 3.63) is 72.8 Å². The topological polar surface area (TPSA) is 47.6 Å². The molecule has 0 spiro atoms. The van der Waals surface area contributed by atoms with E-state index in [0.29, 0.717) is 6.42 Å². The van der Waals surface area contributed by atoms with Crippen LogP contribution < -0.4 is 10.1 Å². The molecule has 0 radical (unpaired) electrons. The molecule has 1 N–H and O–H groups in total. The highest BCUT2D eigenvalue weighted by molar-refractivity contribution is 5.74. The fourth-order valence-electron chi connectivity index (χ4n) is 2.64. The van der Waals surface area contributed by atoms with Gasteiger partial charge in [-0.3, -0.25) is 4.79 Å². The summed E-state index contributed by atoms with van der Waals surface area (Å²) in [6, 6.07) is 17.3. The van der Waals surface area contributed by atoms with Gasteiger partial charge in [-0.1, -0.05) is 36.4 Å². The summed E-state index contributed by atoms with van der Waals surface area (Å²) in [6.07, 6.45) is 2.27. The van der Waals surface area contributed by atoms with Crippen LogP contribution in [0.5, 0.6) is 5.75 Å². The molecule has 2 rings (SSSR count). The Morgan fingerprint density at radius 3 is 2.33 bits per heavy atom. The average Bonchev–Trinajstić information content (AvgIpc) is 2.65. The zero-order valence-corrected chi connectivity index (χ0v) is 14.1. The predicted molar refractivity (Wildman–Crippen MR) is 96.1 cm³/mol. The van der Waals surface area contributed by atoms with Crippen molar-refractivity contribution < 1.29 is 14.3 Å². The van der Waals surface area contributed by atoms with Crippen molar-refractivity contribution in [3.63, 3.8) is 0 Å². The summed E-state index contributed by atoms with van der Waals surface area (Å²) in [5.41, 5.74) is 1.92. The molecule has 0 amide bonds. The number of carbonyl (C=O) groups is 1. The number of ether oxygens (including phenoxy) is 2. The minimum Gasteiger partial charge on any atom is -0.497 e. The molecule has 0 unspecified atom stereocenters. The van der Waals surface area contributed by atoms with Gasteiger partial charge in [0.15, 0.2) is 0 Å². The predicted octanol–water partition coefficient (Wildman–Crippen LogP) is 4.21. The van der Waals surface area contributed by atoms with Crippen LogP contribution in [0.2, 0.25) is 0 Å². The van der Waals surface area contributed by atoms with Crippen molar-refractivity contribution >= 4 is 11.7 Å². The monoisotopic (exact) mass is 325 g/mol. The number of carbonyl (C=O) groups excluding carboxylic acids is 1. The summed E-state index contributed by atoms with van der Waals surface area (Å²) >= 11 is 0. The standard InChI is InChI=1S/C20H23NO3/c1-4-8-18(20(22)24-3)19(15-9-6-5-7-10-15)21-16-11-13-17(23-2)14-12-16/h4-7,9-14,18-19,21H,1,8H2,2-3H3/t18-,19-/m0/s1. The second-order valence-electron chi connectivity index (χ2n) is 5.42. The Bertz CT molecular complexity index is 652. The van der Waals surface area contributed by atoms with Crippen LogP contribution in [0.1, 0.15) is 18.0 Å². The van der Waals surface area contributed by atoms with E-state index in [1.54, 1.807) is 13.2 Å². The SMILES string of the molecule is C=CC[C@H](C(=O)OC)[C@@H](Nc1ccc(OC)cc1)c1ccccc1. The number of allylic oxidation sites excluding steroid dienone is 1. The third-order valence-electron chi connectivity index (χ3n) is 3.90. The zero-order valence-electron chi connectivity index (χ0n) is 14.1. The molecule has 0 saturated heterocycles. The van der Waals surface area contributed by atoms with E-state index in [4.69, 9.17) is 9.47 Å². The molecule has 4 nitrogen and oxygen atoms in total. The third kappa shape index (κ3) is 4.38. The first-order chi connectivity index (χ1) is 11.7. The molecule has 0 heterocycles. The number of esters is 1. The summed E-state index contributed by atoms with van der Waals surface area (Å²) in [4.78, 5) is 12.3. The molecule has 0 aliphatic rings. The second-order valence-corrected chi connectivity index (χ2v) is 5.42. The molecule has 2 atom stereocenters. The number of hydrogen-bond donors (Lipinski definition) is 1. The molecular weight excluding hydrogens is 302 g/mol. The Kier molecular flexibility index (Phi) is 6.43. The number of nitrogens with one attached hydrogen (secondary N) is 1. The van der Waals surface area contributed by atoms with Crippen LogP contribution in [0.4, 0.5) is 5.69 Å². The summed E-state index contributed by atoms with van der Waals surface area (Å²) < 4.78 is 10.2. The summed E-state index contributed by atoms with van der Waals surface area (Å²) in [5.74, 6) is 0.161. The van der Waals surface area contributed by atoms with Crippen LogP contribution in [0.25, 0.3) is 0 Å². The van der Waals surface area contributed by atoms with Gasteiger partial charge in [-0.15, -0.1) is 6.58 Å².